The molecule has 3 aromatic rings. The Morgan fingerprint density at radius 1 is 1.11 bits per heavy atom. The summed E-state index contributed by atoms with van der Waals surface area (Å²) in [5.41, 5.74) is 2.56. The third-order valence-corrected chi connectivity index (χ3v) is 3.50. The summed E-state index contributed by atoms with van der Waals surface area (Å²) in [4.78, 5) is 7.38. The number of H-pyrrole nitrogens is 1. The zero-order valence-electron chi connectivity index (χ0n) is 10.4. The second kappa shape index (κ2) is 4.65. The van der Waals surface area contributed by atoms with E-state index in [2.05, 4.69) is 59.4 Å². The average Bonchev–Trinajstić information content (AvgIpc) is 2.94. The molecule has 0 amide bonds. The van der Waals surface area contributed by atoms with Gasteiger partial charge in [-0.3, -0.25) is 0 Å². The Balaban J connectivity index is 2.18. The van der Waals surface area contributed by atoms with Gasteiger partial charge in [-0.05, 0) is 22.8 Å². The maximum atomic E-state index is 4.14. The molecule has 0 bridgehead atoms. The maximum Gasteiger partial charge on any atom is 0.0921 e. The van der Waals surface area contributed by atoms with Gasteiger partial charge in [-0.1, -0.05) is 49.4 Å². The molecule has 18 heavy (non-hydrogen) atoms. The lowest BCUT2D eigenvalue weighted by Gasteiger charge is -2.16. The first-order chi connectivity index (χ1) is 8.90. The normalized spacial score (nSPS) is 12.7. The monoisotopic (exact) mass is 236 g/mol. The highest BCUT2D eigenvalue weighted by Crippen LogP contribution is 2.31. The van der Waals surface area contributed by atoms with E-state index in [4.69, 9.17) is 0 Å². The number of fused-ring (bicyclic) bond motifs is 1. The molecule has 1 N–H and O–H groups in total. The Morgan fingerprint density at radius 3 is 2.72 bits per heavy atom. The highest BCUT2D eigenvalue weighted by molar-refractivity contribution is 5.86. The lowest BCUT2D eigenvalue weighted by atomic mass is 9.89. The van der Waals surface area contributed by atoms with Gasteiger partial charge in [-0.15, -0.1) is 0 Å². The van der Waals surface area contributed by atoms with E-state index in [0.717, 1.165) is 6.42 Å². The number of aromatic nitrogens is 2. The highest BCUT2D eigenvalue weighted by Gasteiger charge is 2.15. The van der Waals surface area contributed by atoms with Crippen molar-refractivity contribution in [1.29, 1.82) is 0 Å². The fourth-order valence-electron chi connectivity index (χ4n) is 2.62. The number of hydrogen-bond acceptors (Lipinski definition) is 1. The topological polar surface area (TPSA) is 28.7 Å². The van der Waals surface area contributed by atoms with Crippen molar-refractivity contribution in [3.05, 3.63) is 66.2 Å². The minimum Gasteiger partial charge on any atom is -0.348 e. The van der Waals surface area contributed by atoms with E-state index in [1.165, 1.54) is 22.0 Å². The molecule has 1 aromatic heterocycles. The van der Waals surface area contributed by atoms with Crippen LogP contribution in [-0.2, 0) is 0 Å². The van der Waals surface area contributed by atoms with E-state index in [0.29, 0.717) is 5.92 Å². The number of hydrogen-bond donors (Lipinski definition) is 1. The van der Waals surface area contributed by atoms with E-state index in [-0.39, 0.29) is 0 Å². The van der Waals surface area contributed by atoms with Crippen molar-refractivity contribution in [2.24, 2.45) is 0 Å². The molecule has 0 radical (unpaired) electrons. The second-order valence-corrected chi connectivity index (χ2v) is 4.54. The van der Waals surface area contributed by atoms with Gasteiger partial charge in [0.1, 0.15) is 0 Å². The Hall–Kier alpha value is -2.09. The Morgan fingerprint density at radius 2 is 1.94 bits per heavy atom. The molecule has 1 atom stereocenters. The largest absolute Gasteiger partial charge is 0.348 e. The van der Waals surface area contributed by atoms with Gasteiger partial charge < -0.3 is 4.98 Å². The van der Waals surface area contributed by atoms with Gasteiger partial charge in [0.25, 0.3) is 0 Å². The molecule has 3 rings (SSSR count). The van der Waals surface area contributed by atoms with E-state index < -0.39 is 0 Å². The van der Waals surface area contributed by atoms with Crippen LogP contribution < -0.4 is 0 Å². The van der Waals surface area contributed by atoms with E-state index in [1.54, 1.807) is 6.33 Å². The number of nitrogens with zero attached hydrogens (tertiary/aromatic N) is 1. The van der Waals surface area contributed by atoms with Crippen LogP contribution >= 0.6 is 0 Å². The first kappa shape index (κ1) is 11.0. The first-order valence-corrected chi connectivity index (χ1v) is 6.36. The van der Waals surface area contributed by atoms with Crippen molar-refractivity contribution in [3.63, 3.8) is 0 Å². The minimum absolute atomic E-state index is 0.388. The number of nitrogens with one attached hydrogen (secondary N) is 1. The number of imidazole rings is 1. The van der Waals surface area contributed by atoms with Crippen LogP contribution in [-0.4, -0.2) is 9.97 Å². The summed E-state index contributed by atoms with van der Waals surface area (Å²) < 4.78 is 0. The maximum absolute atomic E-state index is 4.14. The van der Waals surface area contributed by atoms with Crippen LogP contribution in [0.3, 0.4) is 0 Å². The third kappa shape index (κ3) is 1.80. The number of rotatable bonds is 3. The molecule has 90 valence electrons. The SMILES string of the molecule is CC[C@H](c1cnc[nH]1)c1cccc2ccccc12. The zero-order valence-corrected chi connectivity index (χ0v) is 10.4. The van der Waals surface area contributed by atoms with Crippen molar-refractivity contribution in [2.45, 2.75) is 19.3 Å². The van der Waals surface area contributed by atoms with Gasteiger partial charge in [0, 0.05) is 17.8 Å². The zero-order chi connectivity index (χ0) is 12.4. The van der Waals surface area contributed by atoms with Crippen LogP contribution in [0.4, 0.5) is 0 Å². The molecule has 0 spiro atoms. The second-order valence-electron chi connectivity index (χ2n) is 4.54. The Labute approximate surface area is 107 Å². The first-order valence-electron chi connectivity index (χ1n) is 6.36. The van der Waals surface area contributed by atoms with Gasteiger partial charge in [0.05, 0.1) is 6.33 Å². The van der Waals surface area contributed by atoms with Crippen molar-refractivity contribution < 1.29 is 0 Å². The minimum atomic E-state index is 0.388. The summed E-state index contributed by atoms with van der Waals surface area (Å²) in [6, 6.07) is 15.1. The lowest BCUT2D eigenvalue weighted by Crippen LogP contribution is -2.00. The summed E-state index contributed by atoms with van der Waals surface area (Å²) in [7, 11) is 0. The van der Waals surface area contributed by atoms with Crippen LogP contribution in [0.15, 0.2) is 55.0 Å². The lowest BCUT2D eigenvalue weighted by molar-refractivity contribution is 0.761. The molecule has 0 unspecified atom stereocenters. The van der Waals surface area contributed by atoms with Gasteiger partial charge in [0.2, 0.25) is 0 Å². The molecule has 0 fully saturated rings. The predicted molar refractivity (Wildman–Crippen MR) is 74.7 cm³/mol. The molecule has 0 aliphatic carbocycles. The Kier molecular flexibility index (Phi) is 2.85. The van der Waals surface area contributed by atoms with Crippen LogP contribution in [0.2, 0.25) is 0 Å². The molecule has 0 saturated carbocycles. The summed E-state index contributed by atoms with van der Waals surface area (Å²) in [6.07, 6.45) is 4.75. The molecule has 2 heteroatoms. The fraction of sp³-hybridized carbons (Fsp3) is 0.188. The van der Waals surface area contributed by atoms with Crippen LogP contribution in [0.1, 0.15) is 30.5 Å². The van der Waals surface area contributed by atoms with Crippen LogP contribution in [0.25, 0.3) is 10.8 Å². The van der Waals surface area contributed by atoms with Gasteiger partial charge in [-0.25, -0.2) is 4.98 Å². The van der Waals surface area contributed by atoms with Crippen LogP contribution in [0, 0.1) is 0 Å². The summed E-state index contributed by atoms with van der Waals surface area (Å²) in [5, 5.41) is 2.63. The van der Waals surface area contributed by atoms with Crippen molar-refractivity contribution in [3.8, 4) is 0 Å². The average molecular weight is 236 g/mol. The molecule has 0 saturated heterocycles. The molecule has 1 heterocycles. The molecular weight excluding hydrogens is 220 g/mol. The van der Waals surface area contributed by atoms with Gasteiger partial charge in [0.15, 0.2) is 0 Å². The van der Waals surface area contributed by atoms with Crippen LogP contribution in [0.5, 0.6) is 0 Å². The summed E-state index contributed by atoms with van der Waals surface area (Å²) in [5.74, 6) is 0.388. The van der Waals surface area contributed by atoms with E-state index in [9.17, 15) is 0 Å². The summed E-state index contributed by atoms with van der Waals surface area (Å²) in [6.45, 7) is 2.22. The molecular formula is C16H16N2. The third-order valence-electron chi connectivity index (χ3n) is 3.50. The summed E-state index contributed by atoms with van der Waals surface area (Å²) >= 11 is 0. The molecule has 2 nitrogen and oxygen atoms in total. The van der Waals surface area contributed by atoms with E-state index in [1.807, 2.05) is 6.20 Å². The van der Waals surface area contributed by atoms with Crippen molar-refractivity contribution >= 4 is 10.8 Å². The molecule has 0 aliphatic rings. The smallest absolute Gasteiger partial charge is 0.0921 e. The standard InChI is InChI=1S/C16H16N2/c1-2-13(16-10-17-11-18-16)15-9-5-7-12-6-3-4-8-14(12)15/h3-11,13H,2H2,1H3,(H,17,18)/t13-/m0/s1. The van der Waals surface area contributed by atoms with Gasteiger partial charge in [-0.2, -0.15) is 0 Å². The fourth-order valence-corrected chi connectivity index (χ4v) is 2.62. The van der Waals surface area contributed by atoms with Gasteiger partial charge >= 0.3 is 0 Å². The Bertz CT molecular complexity index is 636. The number of aromatic amines is 1. The quantitative estimate of drug-likeness (QED) is 0.728. The van der Waals surface area contributed by atoms with Crippen molar-refractivity contribution in [2.75, 3.05) is 0 Å². The molecule has 0 aliphatic heterocycles. The predicted octanol–water partition coefficient (Wildman–Crippen LogP) is 4.10. The van der Waals surface area contributed by atoms with E-state index >= 15 is 0 Å². The molecule has 2 aromatic carbocycles. The van der Waals surface area contributed by atoms with Crippen molar-refractivity contribution in [1.82, 2.24) is 9.97 Å². The number of benzene rings is 2. The highest BCUT2D eigenvalue weighted by atomic mass is 14.9.